The normalized spacial score (nSPS) is 21.1. The van der Waals surface area contributed by atoms with Crippen molar-refractivity contribution in [3.63, 3.8) is 0 Å². The minimum absolute atomic E-state index is 0.130. The molecular formula is C19H24N4O2. The van der Waals surface area contributed by atoms with E-state index < -0.39 is 5.60 Å². The van der Waals surface area contributed by atoms with Crippen molar-refractivity contribution in [1.82, 2.24) is 19.9 Å². The standard InChI is InChI=1S/C19H24N4O2/c1-18(6-7-18)17(24)22-11-8-19(25,9-12-22)14-15-4-2-3-5-16(15)23-13-10-20-21-23/h2-5,10,13,25H,6-9,11-12,14H2,1H3. The molecule has 1 saturated heterocycles. The van der Waals surface area contributed by atoms with Gasteiger partial charge < -0.3 is 10.0 Å². The van der Waals surface area contributed by atoms with Gasteiger partial charge in [0.25, 0.3) is 0 Å². The van der Waals surface area contributed by atoms with Crippen LogP contribution >= 0.6 is 0 Å². The van der Waals surface area contributed by atoms with Gasteiger partial charge in [0, 0.05) is 24.9 Å². The van der Waals surface area contributed by atoms with E-state index in [2.05, 4.69) is 10.3 Å². The smallest absolute Gasteiger partial charge is 0.228 e. The lowest BCUT2D eigenvalue weighted by molar-refractivity contribution is -0.140. The zero-order valence-corrected chi connectivity index (χ0v) is 14.6. The van der Waals surface area contributed by atoms with Gasteiger partial charge >= 0.3 is 0 Å². The fourth-order valence-electron chi connectivity index (χ4n) is 3.66. The highest BCUT2D eigenvalue weighted by atomic mass is 16.3. The van der Waals surface area contributed by atoms with Gasteiger partial charge in [0.1, 0.15) is 0 Å². The first kappa shape index (κ1) is 16.3. The summed E-state index contributed by atoms with van der Waals surface area (Å²) < 4.78 is 1.73. The number of hydrogen-bond donors (Lipinski definition) is 1. The number of hydrogen-bond acceptors (Lipinski definition) is 4. The number of piperidine rings is 1. The molecule has 132 valence electrons. The van der Waals surface area contributed by atoms with Crippen LogP contribution in [0.5, 0.6) is 0 Å². The van der Waals surface area contributed by atoms with Crippen LogP contribution < -0.4 is 0 Å². The van der Waals surface area contributed by atoms with Gasteiger partial charge in [0.2, 0.25) is 5.91 Å². The van der Waals surface area contributed by atoms with Gasteiger partial charge in [-0.15, -0.1) is 5.10 Å². The Balaban J connectivity index is 1.46. The Labute approximate surface area is 147 Å². The molecule has 2 aliphatic rings. The number of carbonyl (C=O) groups is 1. The quantitative estimate of drug-likeness (QED) is 0.924. The van der Waals surface area contributed by atoms with Gasteiger partial charge in [-0.1, -0.05) is 30.3 Å². The summed E-state index contributed by atoms with van der Waals surface area (Å²) in [5, 5.41) is 19.0. The molecule has 0 bridgehead atoms. The van der Waals surface area contributed by atoms with Crippen molar-refractivity contribution >= 4 is 5.91 Å². The third-order valence-corrected chi connectivity index (χ3v) is 5.68. The van der Waals surface area contributed by atoms with E-state index in [0.29, 0.717) is 32.4 Å². The minimum atomic E-state index is -0.780. The fourth-order valence-corrected chi connectivity index (χ4v) is 3.66. The maximum absolute atomic E-state index is 12.5. The van der Waals surface area contributed by atoms with E-state index >= 15 is 0 Å². The zero-order chi connectivity index (χ0) is 17.5. The van der Waals surface area contributed by atoms with Crippen molar-refractivity contribution in [3.05, 3.63) is 42.2 Å². The molecule has 0 spiro atoms. The molecule has 1 aliphatic carbocycles. The van der Waals surface area contributed by atoms with Crippen LogP contribution in [0.2, 0.25) is 0 Å². The van der Waals surface area contributed by atoms with Gasteiger partial charge in [-0.2, -0.15) is 0 Å². The van der Waals surface area contributed by atoms with Crippen LogP contribution in [0.15, 0.2) is 36.7 Å². The average molecular weight is 340 g/mol. The van der Waals surface area contributed by atoms with Crippen LogP contribution in [-0.4, -0.2) is 49.6 Å². The summed E-state index contributed by atoms with van der Waals surface area (Å²) in [4.78, 5) is 14.4. The number of benzene rings is 1. The fraction of sp³-hybridized carbons (Fsp3) is 0.526. The van der Waals surface area contributed by atoms with Crippen LogP contribution in [0.1, 0.15) is 38.2 Å². The Morgan fingerprint density at radius 3 is 2.56 bits per heavy atom. The molecule has 0 radical (unpaired) electrons. The Morgan fingerprint density at radius 1 is 1.20 bits per heavy atom. The number of aromatic nitrogens is 3. The number of nitrogens with zero attached hydrogens (tertiary/aromatic N) is 4. The first-order valence-corrected chi connectivity index (χ1v) is 8.96. The van der Waals surface area contributed by atoms with E-state index in [4.69, 9.17) is 0 Å². The van der Waals surface area contributed by atoms with Crippen LogP contribution in [0.3, 0.4) is 0 Å². The van der Waals surface area contributed by atoms with Crippen LogP contribution in [0.4, 0.5) is 0 Å². The second kappa shape index (κ2) is 5.95. The predicted molar refractivity (Wildman–Crippen MR) is 93.2 cm³/mol. The molecular weight excluding hydrogens is 316 g/mol. The Bertz CT molecular complexity index is 759. The number of aliphatic hydroxyl groups is 1. The molecule has 0 unspecified atom stereocenters. The number of amides is 1. The van der Waals surface area contributed by atoms with Crippen LogP contribution in [0, 0.1) is 5.41 Å². The lowest BCUT2D eigenvalue weighted by Gasteiger charge is -2.39. The molecule has 4 rings (SSSR count). The lowest BCUT2D eigenvalue weighted by atomic mass is 9.84. The van der Waals surface area contributed by atoms with E-state index in [1.165, 1.54) is 0 Å². The monoisotopic (exact) mass is 340 g/mol. The molecule has 1 aliphatic heterocycles. The molecule has 1 amide bonds. The van der Waals surface area contributed by atoms with Crippen molar-refractivity contribution < 1.29 is 9.90 Å². The summed E-state index contributed by atoms with van der Waals surface area (Å²) in [6.45, 7) is 3.32. The Morgan fingerprint density at radius 2 is 1.92 bits per heavy atom. The first-order chi connectivity index (χ1) is 12.0. The van der Waals surface area contributed by atoms with Gasteiger partial charge in [-0.3, -0.25) is 4.79 Å². The van der Waals surface area contributed by atoms with Crippen molar-refractivity contribution in [2.45, 2.75) is 44.6 Å². The number of para-hydroxylation sites is 1. The van der Waals surface area contributed by atoms with Gasteiger partial charge in [0.05, 0.1) is 23.7 Å². The molecule has 1 saturated carbocycles. The highest BCUT2D eigenvalue weighted by Crippen LogP contribution is 2.47. The Kier molecular flexibility index (Phi) is 3.87. The van der Waals surface area contributed by atoms with E-state index in [1.807, 2.05) is 36.1 Å². The molecule has 0 atom stereocenters. The van der Waals surface area contributed by atoms with Crippen molar-refractivity contribution in [2.75, 3.05) is 13.1 Å². The van der Waals surface area contributed by atoms with Gasteiger partial charge in [0.15, 0.2) is 0 Å². The summed E-state index contributed by atoms with van der Waals surface area (Å²) in [7, 11) is 0. The average Bonchev–Trinajstić information content (AvgIpc) is 3.14. The van der Waals surface area contributed by atoms with E-state index in [9.17, 15) is 9.90 Å². The van der Waals surface area contributed by atoms with Crippen molar-refractivity contribution in [3.8, 4) is 5.69 Å². The summed E-state index contributed by atoms with van der Waals surface area (Å²) >= 11 is 0. The predicted octanol–water partition coefficient (Wildman–Crippen LogP) is 1.96. The minimum Gasteiger partial charge on any atom is -0.389 e. The lowest BCUT2D eigenvalue weighted by Crippen LogP contribution is -2.49. The SMILES string of the molecule is CC1(C(=O)N2CCC(O)(Cc3ccccc3-n3ccnn3)CC2)CC1. The molecule has 25 heavy (non-hydrogen) atoms. The second-order valence-electron chi connectivity index (χ2n) is 7.73. The highest BCUT2D eigenvalue weighted by Gasteiger charge is 2.48. The van der Waals surface area contributed by atoms with Gasteiger partial charge in [-0.05, 0) is 37.3 Å². The maximum Gasteiger partial charge on any atom is 0.228 e. The van der Waals surface area contributed by atoms with Crippen molar-refractivity contribution in [2.24, 2.45) is 5.41 Å². The zero-order valence-electron chi connectivity index (χ0n) is 14.6. The molecule has 1 aromatic carbocycles. The number of likely N-dealkylation sites (tertiary alicyclic amines) is 1. The summed E-state index contributed by atoms with van der Waals surface area (Å²) in [6.07, 6.45) is 7.23. The number of carbonyl (C=O) groups excluding carboxylic acids is 1. The maximum atomic E-state index is 12.5. The van der Waals surface area contributed by atoms with Crippen molar-refractivity contribution in [1.29, 1.82) is 0 Å². The van der Waals surface area contributed by atoms with Crippen LogP contribution in [0.25, 0.3) is 5.69 Å². The van der Waals surface area contributed by atoms with E-state index in [0.717, 1.165) is 24.1 Å². The first-order valence-electron chi connectivity index (χ1n) is 8.96. The molecule has 6 nitrogen and oxygen atoms in total. The number of rotatable bonds is 4. The molecule has 2 heterocycles. The summed E-state index contributed by atoms with van der Waals surface area (Å²) in [5.41, 5.74) is 1.08. The van der Waals surface area contributed by atoms with E-state index in [-0.39, 0.29) is 11.3 Å². The second-order valence-corrected chi connectivity index (χ2v) is 7.73. The molecule has 2 aromatic rings. The van der Waals surface area contributed by atoms with E-state index in [1.54, 1.807) is 17.1 Å². The largest absolute Gasteiger partial charge is 0.389 e. The highest BCUT2D eigenvalue weighted by molar-refractivity contribution is 5.85. The molecule has 6 heteroatoms. The Hall–Kier alpha value is -2.21. The molecule has 1 N–H and O–H groups in total. The topological polar surface area (TPSA) is 71.2 Å². The third-order valence-electron chi connectivity index (χ3n) is 5.68. The van der Waals surface area contributed by atoms with Gasteiger partial charge in [-0.25, -0.2) is 4.68 Å². The summed E-state index contributed by atoms with van der Waals surface area (Å²) in [6, 6.07) is 7.95. The molecule has 2 fully saturated rings. The summed E-state index contributed by atoms with van der Waals surface area (Å²) in [5.74, 6) is 0.262. The van der Waals surface area contributed by atoms with Crippen LogP contribution in [-0.2, 0) is 11.2 Å². The third kappa shape index (κ3) is 3.18. The molecule has 1 aromatic heterocycles.